The number of rotatable bonds is 2. The van der Waals surface area contributed by atoms with E-state index in [0.29, 0.717) is 5.75 Å². The summed E-state index contributed by atoms with van der Waals surface area (Å²) < 4.78 is 9.45. The van der Waals surface area contributed by atoms with E-state index in [-0.39, 0.29) is 5.76 Å². The van der Waals surface area contributed by atoms with Crippen molar-refractivity contribution in [1.29, 1.82) is 0 Å². The summed E-state index contributed by atoms with van der Waals surface area (Å²) in [6.07, 6.45) is 1.32. The molecule has 0 aliphatic rings. The van der Waals surface area contributed by atoms with E-state index in [0.717, 1.165) is 0 Å². The van der Waals surface area contributed by atoms with Crippen LogP contribution in [0.15, 0.2) is 16.7 Å². The molecule has 4 heteroatoms. The lowest BCUT2D eigenvalue weighted by atomic mass is 10.5. The van der Waals surface area contributed by atoms with Gasteiger partial charge >= 0.3 is 0 Å². The highest BCUT2D eigenvalue weighted by Gasteiger charge is 2.06. The van der Waals surface area contributed by atoms with E-state index in [1.165, 1.54) is 19.4 Å². The highest BCUT2D eigenvalue weighted by atomic mass is 35.5. The lowest BCUT2D eigenvalue weighted by Crippen LogP contribution is -1.82. The molecule has 3 nitrogen and oxygen atoms in total. The minimum Gasteiger partial charge on any atom is -0.493 e. The lowest BCUT2D eigenvalue weighted by molar-refractivity contribution is 0.105. The van der Waals surface area contributed by atoms with Crippen LogP contribution in [0.25, 0.3) is 0 Å². The van der Waals surface area contributed by atoms with Crippen LogP contribution in [0, 0.1) is 0 Å². The normalized spacial score (nSPS) is 9.40. The fourth-order valence-corrected chi connectivity index (χ4v) is 0.628. The van der Waals surface area contributed by atoms with Crippen LogP contribution in [-0.4, -0.2) is 12.4 Å². The number of ether oxygens (including phenoxy) is 1. The molecule has 1 aromatic heterocycles. The Hall–Kier alpha value is -0.960. The lowest BCUT2D eigenvalue weighted by Gasteiger charge is -1.85. The maximum absolute atomic E-state index is 10.4. The van der Waals surface area contributed by atoms with Crippen LogP contribution in [-0.2, 0) is 0 Å². The number of furan rings is 1. The fourth-order valence-electron chi connectivity index (χ4n) is 0.529. The van der Waals surface area contributed by atoms with E-state index in [1.807, 2.05) is 0 Å². The molecular weight excluding hydrogens is 156 g/mol. The second kappa shape index (κ2) is 2.75. The largest absolute Gasteiger partial charge is 0.493 e. The van der Waals surface area contributed by atoms with Gasteiger partial charge in [0.15, 0.2) is 11.5 Å². The zero-order valence-electron chi connectivity index (χ0n) is 5.26. The van der Waals surface area contributed by atoms with Gasteiger partial charge in [0, 0.05) is 6.07 Å². The molecule has 0 radical (unpaired) electrons. The van der Waals surface area contributed by atoms with Gasteiger partial charge in [0.2, 0.25) is 0 Å². The van der Waals surface area contributed by atoms with Gasteiger partial charge in [0.25, 0.3) is 5.24 Å². The van der Waals surface area contributed by atoms with Crippen molar-refractivity contribution in [3.05, 3.63) is 18.1 Å². The molecule has 0 amide bonds. The zero-order chi connectivity index (χ0) is 7.56. The maximum atomic E-state index is 10.4. The second-order valence-corrected chi connectivity index (χ2v) is 1.97. The first-order valence-corrected chi connectivity index (χ1v) is 2.94. The summed E-state index contributed by atoms with van der Waals surface area (Å²) in [6, 6.07) is 1.43. The van der Waals surface area contributed by atoms with Gasteiger partial charge in [-0.1, -0.05) is 0 Å². The summed E-state index contributed by atoms with van der Waals surface area (Å²) in [6.45, 7) is 0. The second-order valence-electron chi connectivity index (χ2n) is 1.62. The predicted molar refractivity (Wildman–Crippen MR) is 35.4 cm³/mol. The number of hydrogen-bond donors (Lipinski definition) is 0. The maximum Gasteiger partial charge on any atom is 0.287 e. The molecule has 0 aliphatic carbocycles. The van der Waals surface area contributed by atoms with Gasteiger partial charge in [-0.2, -0.15) is 0 Å². The minimum absolute atomic E-state index is 0.0958. The Morgan fingerprint density at radius 3 is 2.80 bits per heavy atom. The Kier molecular flexibility index (Phi) is 1.97. The fraction of sp³-hybridized carbons (Fsp3) is 0.167. The van der Waals surface area contributed by atoms with Gasteiger partial charge in [-0.15, -0.1) is 0 Å². The molecule has 0 unspecified atom stereocenters. The van der Waals surface area contributed by atoms with Gasteiger partial charge in [-0.3, -0.25) is 4.79 Å². The van der Waals surface area contributed by atoms with E-state index < -0.39 is 5.24 Å². The summed E-state index contributed by atoms with van der Waals surface area (Å²) in [5.74, 6) is 0.586. The standard InChI is InChI=1S/C6H5ClO3/c1-9-4-2-5(6(7)8)10-3-4/h2-3H,1H3. The Balaban J connectivity index is 2.88. The highest BCUT2D eigenvalue weighted by molar-refractivity contribution is 6.67. The SMILES string of the molecule is COc1coc(C(=O)Cl)c1. The number of carbonyl (C=O) groups is 1. The predicted octanol–water partition coefficient (Wildman–Crippen LogP) is 1.67. The van der Waals surface area contributed by atoms with Crippen LogP contribution in [0.2, 0.25) is 0 Å². The van der Waals surface area contributed by atoms with Crippen LogP contribution in [0.5, 0.6) is 5.75 Å². The number of halogens is 1. The molecule has 0 saturated carbocycles. The Labute approximate surface area is 62.5 Å². The van der Waals surface area contributed by atoms with Crippen LogP contribution in [0.3, 0.4) is 0 Å². The molecule has 0 spiro atoms. The van der Waals surface area contributed by atoms with Gasteiger partial charge in [-0.25, -0.2) is 0 Å². The average molecular weight is 161 g/mol. The number of methoxy groups -OCH3 is 1. The zero-order valence-corrected chi connectivity index (χ0v) is 6.01. The van der Waals surface area contributed by atoms with Crippen molar-refractivity contribution in [3.63, 3.8) is 0 Å². The molecule has 0 N–H and O–H groups in total. The molecule has 0 aliphatic heterocycles. The van der Waals surface area contributed by atoms with Crippen LogP contribution in [0.1, 0.15) is 10.6 Å². The van der Waals surface area contributed by atoms with Crippen molar-refractivity contribution in [2.45, 2.75) is 0 Å². The van der Waals surface area contributed by atoms with E-state index in [9.17, 15) is 4.79 Å². The van der Waals surface area contributed by atoms with Crippen LogP contribution in [0.4, 0.5) is 0 Å². The Morgan fingerprint density at radius 2 is 2.50 bits per heavy atom. The smallest absolute Gasteiger partial charge is 0.287 e. The van der Waals surface area contributed by atoms with Crippen molar-refractivity contribution in [1.82, 2.24) is 0 Å². The summed E-state index contributed by atoms with van der Waals surface area (Å²) >= 11 is 5.09. The summed E-state index contributed by atoms with van der Waals surface area (Å²) in [4.78, 5) is 10.4. The van der Waals surface area contributed by atoms with Gasteiger partial charge in [0.05, 0.1) is 7.11 Å². The summed E-state index contributed by atoms with van der Waals surface area (Å²) in [7, 11) is 1.48. The van der Waals surface area contributed by atoms with E-state index in [4.69, 9.17) is 20.8 Å². The minimum atomic E-state index is -0.622. The van der Waals surface area contributed by atoms with Crippen molar-refractivity contribution < 1.29 is 13.9 Å². The Bertz CT molecular complexity index is 241. The highest BCUT2D eigenvalue weighted by Crippen LogP contribution is 2.16. The molecule has 54 valence electrons. The summed E-state index contributed by atoms with van der Waals surface area (Å²) in [5, 5.41) is -0.622. The molecule has 0 atom stereocenters. The van der Waals surface area contributed by atoms with Crippen molar-refractivity contribution >= 4 is 16.8 Å². The third-order valence-corrected chi connectivity index (χ3v) is 1.19. The molecule has 0 fully saturated rings. The van der Waals surface area contributed by atoms with E-state index in [1.54, 1.807) is 0 Å². The first-order chi connectivity index (χ1) is 4.74. The van der Waals surface area contributed by atoms with Gasteiger partial charge < -0.3 is 9.15 Å². The Morgan fingerprint density at radius 1 is 1.80 bits per heavy atom. The molecule has 10 heavy (non-hydrogen) atoms. The van der Waals surface area contributed by atoms with Crippen molar-refractivity contribution in [3.8, 4) is 5.75 Å². The topological polar surface area (TPSA) is 39.4 Å². The quantitative estimate of drug-likeness (QED) is 0.618. The molecular formula is C6H5ClO3. The van der Waals surface area contributed by atoms with Crippen molar-refractivity contribution in [2.75, 3.05) is 7.11 Å². The number of carbonyl (C=O) groups excluding carboxylic acids is 1. The third kappa shape index (κ3) is 1.30. The van der Waals surface area contributed by atoms with Crippen molar-refractivity contribution in [2.24, 2.45) is 0 Å². The first kappa shape index (κ1) is 7.15. The first-order valence-electron chi connectivity index (χ1n) is 2.56. The van der Waals surface area contributed by atoms with Gasteiger partial charge in [0.1, 0.15) is 6.26 Å². The third-order valence-electron chi connectivity index (χ3n) is 1.00. The molecule has 0 saturated heterocycles. The molecule has 1 heterocycles. The van der Waals surface area contributed by atoms with E-state index in [2.05, 4.69) is 0 Å². The molecule has 0 aromatic carbocycles. The van der Waals surface area contributed by atoms with Crippen LogP contribution < -0.4 is 4.74 Å². The molecule has 1 aromatic rings. The van der Waals surface area contributed by atoms with Gasteiger partial charge in [-0.05, 0) is 11.6 Å². The molecule has 0 bridgehead atoms. The average Bonchev–Trinajstić information content (AvgIpc) is 2.34. The van der Waals surface area contributed by atoms with Crippen LogP contribution >= 0.6 is 11.6 Å². The summed E-state index contributed by atoms with van der Waals surface area (Å²) in [5.41, 5.74) is 0. The molecule has 1 rings (SSSR count). The van der Waals surface area contributed by atoms with E-state index >= 15 is 0 Å². The number of hydrogen-bond acceptors (Lipinski definition) is 3. The monoisotopic (exact) mass is 160 g/mol.